The fourth-order valence-corrected chi connectivity index (χ4v) is 3.90. The first-order valence-electron chi connectivity index (χ1n) is 10.8. The van der Waals surface area contributed by atoms with E-state index in [1.54, 1.807) is 4.90 Å². The van der Waals surface area contributed by atoms with Gasteiger partial charge in [0.2, 0.25) is 5.91 Å². The van der Waals surface area contributed by atoms with Crippen molar-refractivity contribution in [3.8, 4) is 0 Å². The van der Waals surface area contributed by atoms with E-state index in [0.717, 1.165) is 25.1 Å². The number of benzene rings is 1. The third-order valence-corrected chi connectivity index (χ3v) is 5.74. The number of thiazole rings is 1. The number of carbonyl (C=O) groups is 2. The van der Waals surface area contributed by atoms with Gasteiger partial charge < -0.3 is 15.1 Å². The first kappa shape index (κ1) is 24.0. The Morgan fingerprint density at radius 3 is 2.47 bits per heavy atom. The van der Waals surface area contributed by atoms with Crippen LogP contribution in [-0.4, -0.2) is 55.4 Å². The van der Waals surface area contributed by atoms with Crippen molar-refractivity contribution >= 4 is 28.3 Å². The van der Waals surface area contributed by atoms with Crippen LogP contribution in [0.25, 0.3) is 0 Å². The summed E-state index contributed by atoms with van der Waals surface area (Å²) in [5, 5.41) is 5.26. The highest BCUT2D eigenvalue weighted by atomic mass is 32.1. The number of carbonyl (C=O) groups excluding carboxylic acids is 2. The molecule has 0 saturated carbocycles. The van der Waals surface area contributed by atoms with Crippen molar-refractivity contribution in [1.82, 2.24) is 9.88 Å². The number of unbranched alkanes of at least 4 members (excludes halogenated alkanes) is 2. The molecule has 0 unspecified atom stereocenters. The van der Waals surface area contributed by atoms with Crippen molar-refractivity contribution in [1.29, 1.82) is 0 Å². The molecule has 30 heavy (non-hydrogen) atoms. The zero-order valence-electron chi connectivity index (χ0n) is 18.7. The average molecular weight is 432 g/mol. The molecule has 0 bridgehead atoms. The summed E-state index contributed by atoms with van der Waals surface area (Å²) < 4.78 is 0. The molecule has 0 saturated heterocycles. The SMILES string of the molecule is CCCCCc1ccc(C(=O)N(CCC[NH+](C)C)CC(=O)Nc2nc(C)cs2)cc1. The molecular formula is C23H35N4O2S+. The highest BCUT2D eigenvalue weighted by Gasteiger charge is 2.20. The second kappa shape index (κ2) is 12.4. The maximum atomic E-state index is 13.1. The van der Waals surface area contributed by atoms with Crippen LogP contribution < -0.4 is 10.2 Å². The summed E-state index contributed by atoms with van der Waals surface area (Å²) in [6.07, 6.45) is 5.46. The molecule has 2 N–H and O–H groups in total. The molecule has 1 aromatic heterocycles. The third kappa shape index (κ3) is 8.24. The molecule has 1 heterocycles. The van der Waals surface area contributed by atoms with Gasteiger partial charge in [0.15, 0.2) is 5.13 Å². The van der Waals surface area contributed by atoms with Crippen LogP contribution in [0.1, 0.15) is 54.2 Å². The smallest absolute Gasteiger partial charge is 0.254 e. The number of quaternary nitrogens is 1. The van der Waals surface area contributed by atoms with Gasteiger partial charge in [0.1, 0.15) is 6.54 Å². The third-order valence-electron chi connectivity index (χ3n) is 4.86. The van der Waals surface area contributed by atoms with Gasteiger partial charge in [-0.3, -0.25) is 9.59 Å². The Labute approximate surface area is 184 Å². The summed E-state index contributed by atoms with van der Waals surface area (Å²) in [6, 6.07) is 7.83. The van der Waals surface area contributed by atoms with Crippen LogP contribution >= 0.6 is 11.3 Å². The minimum absolute atomic E-state index is 0.0263. The van der Waals surface area contributed by atoms with Gasteiger partial charge >= 0.3 is 0 Å². The van der Waals surface area contributed by atoms with Gasteiger partial charge in [0, 0.05) is 23.9 Å². The lowest BCUT2D eigenvalue weighted by Gasteiger charge is -2.22. The standard InChI is InChI=1S/C23H34N4O2S/c1-5-6-7-9-19-10-12-20(13-11-19)22(29)27(15-8-14-26(3)4)16-21(28)25-23-24-18(2)17-30-23/h10-13,17H,5-9,14-16H2,1-4H3,(H,24,25,28)/p+1. The second-order valence-electron chi connectivity index (χ2n) is 8.03. The number of nitrogens with one attached hydrogen (secondary N) is 2. The normalized spacial score (nSPS) is 11.0. The highest BCUT2D eigenvalue weighted by Crippen LogP contribution is 2.15. The molecule has 164 valence electrons. The Morgan fingerprint density at radius 2 is 1.87 bits per heavy atom. The monoisotopic (exact) mass is 431 g/mol. The largest absolute Gasteiger partial charge is 0.340 e. The topological polar surface area (TPSA) is 66.7 Å². The first-order chi connectivity index (χ1) is 14.4. The number of amides is 2. The van der Waals surface area contributed by atoms with Gasteiger partial charge in [-0.25, -0.2) is 4.98 Å². The van der Waals surface area contributed by atoms with Crippen LogP contribution in [-0.2, 0) is 11.2 Å². The summed E-state index contributed by atoms with van der Waals surface area (Å²) in [6.45, 7) is 5.59. The van der Waals surface area contributed by atoms with Crippen molar-refractivity contribution in [2.24, 2.45) is 0 Å². The zero-order valence-corrected chi connectivity index (χ0v) is 19.5. The minimum Gasteiger partial charge on any atom is -0.340 e. The Bertz CT molecular complexity index is 802. The number of nitrogens with zero attached hydrogens (tertiary/aromatic N) is 2. The Morgan fingerprint density at radius 1 is 1.13 bits per heavy atom. The molecule has 0 atom stereocenters. The van der Waals surface area contributed by atoms with Crippen LogP contribution in [0.15, 0.2) is 29.6 Å². The molecule has 2 rings (SSSR count). The van der Waals surface area contributed by atoms with E-state index in [2.05, 4.69) is 31.3 Å². The molecule has 2 aromatic rings. The van der Waals surface area contributed by atoms with E-state index in [-0.39, 0.29) is 18.4 Å². The van der Waals surface area contributed by atoms with Crippen molar-refractivity contribution in [3.63, 3.8) is 0 Å². The minimum atomic E-state index is -0.217. The average Bonchev–Trinajstić information content (AvgIpc) is 3.11. The molecule has 0 aliphatic heterocycles. The molecule has 0 radical (unpaired) electrons. The zero-order chi connectivity index (χ0) is 21.9. The van der Waals surface area contributed by atoms with E-state index in [1.165, 1.54) is 41.1 Å². The van der Waals surface area contributed by atoms with E-state index in [9.17, 15) is 9.59 Å². The first-order valence-corrected chi connectivity index (χ1v) is 11.7. The predicted octanol–water partition coefficient (Wildman–Crippen LogP) is 2.80. The molecule has 6 nitrogen and oxygen atoms in total. The number of rotatable bonds is 12. The van der Waals surface area contributed by atoms with Crippen LogP contribution in [0, 0.1) is 6.92 Å². The van der Waals surface area contributed by atoms with Crippen LogP contribution in [0.4, 0.5) is 5.13 Å². The summed E-state index contributed by atoms with van der Waals surface area (Å²) >= 11 is 1.39. The predicted molar refractivity (Wildman–Crippen MR) is 123 cm³/mol. The van der Waals surface area contributed by atoms with Crippen molar-refractivity contribution in [2.75, 3.05) is 39.0 Å². The fraction of sp³-hybridized carbons (Fsp3) is 0.522. The van der Waals surface area contributed by atoms with Crippen LogP contribution in [0.5, 0.6) is 0 Å². The number of aryl methyl sites for hydroxylation is 2. The molecule has 2 amide bonds. The van der Waals surface area contributed by atoms with E-state index in [0.29, 0.717) is 17.2 Å². The molecular weight excluding hydrogens is 396 g/mol. The summed E-state index contributed by atoms with van der Waals surface area (Å²) in [4.78, 5) is 32.9. The second-order valence-corrected chi connectivity index (χ2v) is 8.89. The van der Waals surface area contributed by atoms with Gasteiger partial charge in [-0.2, -0.15) is 0 Å². The fourth-order valence-electron chi connectivity index (χ4n) is 3.20. The van der Waals surface area contributed by atoms with Gasteiger partial charge in [-0.05, 0) is 37.5 Å². The quantitative estimate of drug-likeness (QED) is 0.508. The Balaban J connectivity index is 2.02. The molecule has 7 heteroatoms. The van der Waals surface area contributed by atoms with Crippen LogP contribution in [0.2, 0.25) is 0 Å². The van der Waals surface area contributed by atoms with E-state index in [1.807, 2.05) is 36.6 Å². The lowest BCUT2D eigenvalue weighted by molar-refractivity contribution is -0.858. The summed E-state index contributed by atoms with van der Waals surface area (Å²) in [5.41, 5.74) is 2.75. The maximum absolute atomic E-state index is 13.1. The number of hydrogen-bond acceptors (Lipinski definition) is 4. The molecule has 0 spiro atoms. The molecule has 1 aromatic carbocycles. The van der Waals surface area contributed by atoms with Gasteiger partial charge in [0.05, 0.1) is 26.3 Å². The van der Waals surface area contributed by atoms with Crippen molar-refractivity contribution < 1.29 is 14.5 Å². The van der Waals surface area contributed by atoms with E-state index < -0.39 is 0 Å². The van der Waals surface area contributed by atoms with E-state index in [4.69, 9.17) is 0 Å². The Hall–Kier alpha value is -2.25. The molecule has 0 aliphatic carbocycles. The maximum Gasteiger partial charge on any atom is 0.254 e. The van der Waals surface area contributed by atoms with Crippen LogP contribution in [0.3, 0.4) is 0 Å². The van der Waals surface area contributed by atoms with E-state index >= 15 is 0 Å². The van der Waals surface area contributed by atoms with Gasteiger partial charge in [-0.15, -0.1) is 11.3 Å². The van der Waals surface area contributed by atoms with Gasteiger partial charge in [0.25, 0.3) is 5.91 Å². The summed E-state index contributed by atoms with van der Waals surface area (Å²) in [5.74, 6) is -0.319. The lowest BCUT2D eigenvalue weighted by Crippen LogP contribution is -3.05. The van der Waals surface area contributed by atoms with Gasteiger partial charge in [-0.1, -0.05) is 31.9 Å². The summed E-state index contributed by atoms with van der Waals surface area (Å²) in [7, 11) is 4.17. The molecule has 0 fully saturated rings. The lowest BCUT2D eigenvalue weighted by atomic mass is 10.0. The Kier molecular flexibility index (Phi) is 9.97. The number of hydrogen-bond donors (Lipinski definition) is 2. The number of aromatic nitrogens is 1. The van der Waals surface area contributed by atoms with Crippen molar-refractivity contribution in [2.45, 2.75) is 46.0 Å². The number of anilines is 1. The molecule has 0 aliphatic rings. The highest BCUT2D eigenvalue weighted by molar-refractivity contribution is 7.13. The van der Waals surface area contributed by atoms with Crippen molar-refractivity contribution in [3.05, 3.63) is 46.5 Å².